The summed E-state index contributed by atoms with van der Waals surface area (Å²) in [6, 6.07) is 4.83. The second-order valence-electron chi connectivity index (χ2n) is 5.92. The van der Waals surface area contributed by atoms with Gasteiger partial charge in [-0.2, -0.15) is 5.26 Å². The number of pyridine rings is 1. The van der Waals surface area contributed by atoms with Crippen LogP contribution >= 0.6 is 0 Å². The number of nitriles is 1. The van der Waals surface area contributed by atoms with Crippen LogP contribution in [0.4, 0.5) is 5.82 Å². The largest absolute Gasteiger partial charge is 0.356 e. The summed E-state index contributed by atoms with van der Waals surface area (Å²) in [6.45, 7) is 6.31. The molecule has 1 saturated carbocycles. The third-order valence-electron chi connectivity index (χ3n) is 4.30. The highest BCUT2D eigenvalue weighted by Gasteiger charge is 2.24. The Kier molecular flexibility index (Phi) is 4.09. The summed E-state index contributed by atoms with van der Waals surface area (Å²) in [4.78, 5) is 6.83. The second-order valence-corrected chi connectivity index (χ2v) is 5.92. The maximum absolute atomic E-state index is 9.36. The summed E-state index contributed by atoms with van der Waals surface area (Å²) >= 11 is 0. The van der Waals surface area contributed by atoms with Gasteiger partial charge in [0.2, 0.25) is 0 Å². The number of anilines is 1. The van der Waals surface area contributed by atoms with E-state index in [0.717, 1.165) is 28.6 Å². The minimum atomic E-state index is 0.525. The summed E-state index contributed by atoms with van der Waals surface area (Å²) < 4.78 is 0. The van der Waals surface area contributed by atoms with E-state index in [1.54, 1.807) is 0 Å². The van der Waals surface area contributed by atoms with Crippen LogP contribution in [0.5, 0.6) is 0 Å². The SMILES string of the molecule is Cc1cc(C)c(C#N)c(N(C)C2CCC(C)CC2)n1. The zero-order valence-corrected chi connectivity index (χ0v) is 12.4. The van der Waals surface area contributed by atoms with Crippen molar-refractivity contribution in [2.24, 2.45) is 5.92 Å². The van der Waals surface area contributed by atoms with E-state index < -0.39 is 0 Å². The first-order valence-electron chi connectivity index (χ1n) is 7.14. The molecule has 0 unspecified atom stereocenters. The first kappa shape index (κ1) is 13.9. The van der Waals surface area contributed by atoms with Crippen LogP contribution in [0.2, 0.25) is 0 Å². The minimum absolute atomic E-state index is 0.525. The highest BCUT2D eigenvalue weighted by Crippen LogP contribution is 2.30. The molecular formula is C16H23N3. The van der Waals surface area contributed by atoms with Crippen LogP contribution < -0.4 is 4.90 Å². The number of aryl methyl sites for hydroxylation is 2. The zero-order chi connectivity index (χ0) is 14.0. The first-order chi connectivity index (χ1) is 9.02. The fourth-order valence-electron chi connectivity index (χ4n) is 3.01. The molecule has 102 valence electrons. The van der Waals surface area contributed by atoms with Gasteiger partial charge in [0.25, 0.3) is 0 Å². The lowest BCUT2D eigenvalue weighted by molar-refractivity contribution is 0.340. The summed E-state index contributed by atoms with van der Waals surface area (Å²) in [7, 11) is 2.09. The molecule has 0 radical (unpaired) electrons. The lowest BCUT2D eigenvalue weighted by atomic mass is 9.86. The van der Waals surface area contributed by atoms with E-state index >= 15 is 0 Å². The Morgan fingerprint density at radius 3 is 2.47 bits per heavy atom. The van der Waals surface area contributed by atoms with Crippen molar-refractivity contribution in [1.82, 2.24) is 4.98 Å². The molecule has 3 nitrogen and oxygen atoms in total. The van der Waals surface area contributed by atoms with E-state index in [-0.39, 0.29) is 0 Å². The molecule has 0 spiro atoms. The normalized spacial score (nSPS) is 22.9. The van der Waals surface area contributed by atoms with Gasteiger partial charge in [0.1, 0.15) is 11.9 Å². The topological polar surface area (TPSA) is 39.9 Å². The van der Waals surface area contributed by atoms with Crippen molar-refractivity contribution >= 4 is 5.82 Å². The molecule has 3 heteroatoms. The lowest BCUT2D eigenvalue weighted by Gasteiger charge is -2.35. The molecule has 0 aromatic carbocycles. The van der Waals surface area contributed by atoms with Gasteiger partial charge in [0.15, 0.2) is 0 Å². The molecule has 0 atom stereocenters. The van der Waals surface area contributed by atoms with Crippen LogP contribution in [0.25, 0.3) is 0 Å². The fraction of sp³-hybridized carbons (Fsp3) is 0.625. The summed E-state index contributed by atoms with van der Waals surface area (Å²) in [5.41, 5.74) is 2.75. The van der Waals surface area contributed by atoms with Gasteiger partial charge in [0.05, 0.1) is 5.56 Å². The fourth-order valence-corrected chi connectivity index (χ4v) is 3.01. The maximum atomic E-state index is 9.36. The Morgan fingerprint density at radius 1 is 1.26 bits per heavy atom. The van der Waals surface area contributed by atoms with E-state index in [2.05, 4.69) is 29.9 Å². The van der Waals surface area contributed by atoms with Crippen molar-refractivity contribution < 1.29 is 0 Å². The van der Waals surface area contributed by atoms with Crippen LogP contribution in [0.15, 0.2) is 6.07 Å². The molecule has 1 aliphatic rings. The van der Waals surface area contributed by atoms with E-state index in [1.807, 2.05) is 19.9 Å². The molecule has 1 aliphatic carbocycles. The predicted octanol–water partition coefficient (Wildman–Crippen LogP) is 3.59. The highest BCUT2D eigenvalue weighted by atomic mass is 15.2. The van der Waals surface area contributed by atoms with Gasteiger partial charge in [0, 0.05) is 18.8 Å². The van der Waals surface area contributed by atoms with Gasteiger partial charge in [-0.3, -0.25) is 0 Å². The summed E-state index contributed by atoms with van der Waals surface area (Å²) in [5, 5.41) is 9.36. The maximum Gasteiger partial charge on any atom is 0.147 e. The molecule has 0 aliphatic heterocycles. The Balaban J connectivity index is 2.28. The van der Waals surface area contributed by atoms with Crippen LogP contribution in [-0.4, -0.2) is 18.1 Å². The molecule has 0 amide bonds. The van der Waals surface area contributed by atoms with Gasteiger partial charge in [-0.05, 0) is 57.1 Å². The first-order valence-corrected chi connectivity index (χ1v) is 7.14. The Labute approximate surface area is 116 Å². The van der Waals surface area contributed by atoms with Crippen LogP contribution in [0, 0.1) is 31.1 Å². The van der Waals surface area contributed by atoms with E-state index in [9.17, 15) is 5.26 Å². The van der Waals surface area contributed by atoms with E-state index in [0.29, 0.717) is 6.04 Å². The van der Waals surface area contributed by atoms with E-state index in [1.165, 1.54) is 25.7 Å². The summed E-state index contributed by atoms with van der Waals surface area (Å²) in [6.07, 6.45) is 4.97. The smallest absolute Gasteiger partial charge is 0.147 e. The average Bonchev–Trinajstić information content (AvgIpc) is 2.38. The van der Waals surface area contributed by atoms with Crippen LogP contribution in [-0.2, 0) is 0 Å². The van der Waals surface area contributed by atoms with Crippen molar-refractivity contribution in [1.29, 1.82) is 5.26 Å². The second kappa shape index (κ2) is 5.61. The van der Waals surface area contributed by atoms with Gasteiger partial charge in [-0.15, -0.1) is 0 Å². The third-order valence-corrected chi connectivity index (χ3v) is 4.30. The lowest BCUT2D eigenvalue weighted by Crippen LogP contribution is -2.36. The zero-order valence-electron chi connectivity index (χ0n) is 12.4. The predicted molar refractivity (Wildman–Crippen MR) is 78.2 cm³/mol. The monoisotopic (exact) mass is 257 g/mol. The Bertz CT molecular complexity index is 493. The van der Waals surface area contributed by atoms with Crippen LogP contribution in [0.3, 0.4) is 0 Å². The Morgan fingerprint density at radius 2 is 1.89 bits per heavy atom. The summed E-state index contributed by atoms with van der Waals surface area (Å²) in [5.74, 6) is 1.70. The molecule has 1 heterocycles. The average molecular weight is 257 g/mol. The molecule has 1 aromatic heterocycles. The number of nitrogens with zero attached hydrogens (tertiary/aromatic N) is 3. The number of rotatable bonds is 2. The molecule has 1 aromatic rings. The molecule has 1 fully saturated rings. The van der Waals surface area contributed by atoms with Crippen molar-refractivity contribution in [3.05, 3.63) is 22.9 Å². The van der Waals surface area contributed by atoms with Gasteiger partial charge >= 0.3 is 0 Å². The van der Waals surface area contributed by atoms with Crippen molar-refractivity contribution in [2.45, 2.75) is 52.5 Å². The van der Waals surface area contributed by atoms with E-state index in [4.69, 9.17) is 0 Å². The van der Waals surface area contributed by atoms with Gasteiger partial charge in [-0.25, -0.2) is 4.98 Å². The molecule has 0 N–H and O–H groups in total. The standard InChI is InChI=1S/C16H23N3/c1-11-5-7-14(8-6-11)19(4)16-15(10-17)12(2)9-13(3)18-16/h9,11,14H,5-8H2,1-4H3. The van der Waals surface area contributed by atoms with Crippen molar-refractivity contribution in [3.63, 3.8) is 0 Å². The number of hydrogen-bond donors (Lipinski definition) is 0. The molecular weight excluding hydrogens is 234 g/mol. The Hall–Kier alpha value is -1.56. The highest BCUT2D eigenvalue weighted by molar-refractivity contribution is 5.58. The van der Waals surface area contributed by atoms with Crippen LogP contribution in [0.1, 0.15) is 49.4 Å². The number of hydrogen-bond acceptors (Lipinski definition) is 3. The van der Waals surface area contributed by atoms with Gasteiger partial charge < -0.3 is 4.90 Å². The van der Waals surface area contributed by atoms with Crippen molar-refractivity contribution in [3.8, 4) is 6.07 Å². The van der Waals surface area contributed by atoms with Crippen molar-refractivity contribution in [2.75, 3.05) is 11.9 Å². The molecule has 2 rings (SSSR count). The molecule has 0 saturated heterocycles. The van der Waals surface area contributed by atoms with Gasteiger partial charge in [-0.1, -0.05) is 6.92 Å². The number of aromatic nitrogens is 1. The quantitative estimate of drug-likeness (QED) is 0.813. The molecule has 0 bridgehead atoms. The third kappa shape index (κ3) is 2.89. The minimum Gasteiger partial charge on any atom is -0.356 e. The molecule has 19 heavy (non-hydrogen) atoms.